The van der Waals surface area contributed by atoms with Crippen LogP contribution in [0.15, 0.2) is 54.6 Å². The van der Waals surface area contributed by atoms with Crippen molar-refractivity contribution in [3.05, 3.63) is 71.3 Å². The van der Waals surface area contributed by atoms with Crippen molar-refractivity contribution in [3.8, 4) is 5.75 Å². The monoisotopic (exact) mass is 266 g/mol. The summed E-state index contributed by atoms with van der Waals surface area (Å²) in [5.41, 5.74) is 2.70. The predicted octanol–water partition coefficient (Wildman–Crippen LogP) is 4.41. The van der Waals surface area contributed by atoms with Gasteiger partial charge in [-0.05, 0) is 35.3 Å². The van der Waals surface area contributed by atoms with Crippen LogP contribution in [0.4, 0.5) is 0 Å². The summed E-state index contributed by atoms with van der Waals surface area (Å²) in [5, 5.41) is 9.36. The SMILES string of the molecule is CC(C)c1ccc(C(=O)/C=C/c2cccc(O)c2)cc1. The lowest BCUT2D eigenvalue weighted by Gasteiger charge is -2.05. The van der Waals surface area contributed by atoms with Gasteiger partial charge in [-0.1, -0.05) is 56.3 Å². The normalized spacial score (nSPS) is 11.2. The van der Waals surface area contributed by atoms with E-state index in [4.69, 9.17) is 0 Å². The summed E-state index contributed by atoms with van der Waals surface area (Å²) < 4.78 is 0. The number of carbonyl (C=O) groups is 1. The van der Waals surface area contributed by atoms with E-state index >= 15 is 0 Å². The molecule has 0 atom stereocenters. The molecule has 0 saturated heterocycles. The Bertz CT molecular complexity index is 622. The van der Waals surface area contributed by atoms with Crippen molar-refractivity contribution in [2.45, 2.75) is 19.8 Å². The molecule has 2 aromatic rings. The Morgan fingerprint density at radius 3 is 2.40 bits per heavy atom. The number of ketones is 1. The number of hydrogen-bond donors (Lipinski definition) is 1. The molecule has 0 fully saturated rings. The molecule has 0 aliphatic heterocycles. The number of hydrogen-bond acceptors (Lipinski definition) is 2. The Morgan fingerprint density at radius 1 is 1.10 bits per heavy atom. The second-order valence-corrected chi connectivity index (χ2v) is 5.07. The number of phenols is 1. The fraction of sp³-hybridized carbons (Fsp3) is 0.167. The zero-order valence-electron chi connectivity index (χ0n) is 11.7. The fourth-order valence-corrected chi connectivity index (χ4v) is 1.93. The zero-order valence-corrected chi connectivity index (χ0v) is 11.7. The van der Waals surface area contributed by atoms with Gasteiger partial charge in [0.05, 0.1) is 0 Å². The van der Waals surface area contributed by atoms with Crippen LogP contribution < -0.4 is 0 Å². The lowest BCUT2D eigenvalue weighted by Crippen LogP contribution is -1.95. The van der Waals surface area contributed by atoms with Crippen molar-refractivity contribution in [1.82, 2.24) is 0 Å². The minimum atomic E-state index is -0.0383. The van der Waals surface area contributed by atoms with E-state index in [0.717, 1.165) is 5.56 Å². The van der Waals surface area contributed by atoms with Gasteiger partial charge in [-0.25, -0.2) is 0 Å². The molecule has 0 aliphatic carbocycles. The van der Waals surface area contributed by atoms with Gasteiger partial charge in [-0.3, -0.25) is 4.79 Å². The molecule has 0 aromatic heterocycles. The van der Waals surface area contributed by atoms with Gasteiger partial charge in [0.2, 0.25) is 0 Å². The van der Waals surface area contributed by atoms with Gasteiger partial charge in [0.25, 0.3) is 0 Å². The summed E-state index contributed by atoms with van der Waals surface area (Å²) >= 11 is 0. The minimum Gasteiger partial charge on any atom is -0.508 e. The van der Waals surface area contributed by atoms with E-state index < -0.39 is 0 Å². The lowest BCUT2D eigenvalue weighted by molar-refractivity contribution is 0.104. The maximum Gasteiger partial charge on any atom is 0.185 e. The van der Waals surface area contributed by atoms with Crippen molar-refractivity contribution in [1.29, 1.82) is 0 Å². The van der Waals surface area contributed by atoms with Crippen molar-refractivity contribution < 1.29 is 9.90 Å². The molecule has 2 aromatic carbocycles. The average Bonchev–Trinajstić information content (AvgIpc) is 2.45. The number of allylic oxidation sites excluding steroid dienone is 1. The smallest absolute Gasteiger partial charge is 0.185 e. The van der Waals surface area contributed by atoms with Crippen LogP contribution >= 0.6 is 0 Å². The molecule has 0 spiro atoms. The Kier molecular flexibility index (Phi) is 4.36. The number of carbonyl (C=O) groups excluding carboxylic acids is 1. The third-order valence-corrected chi connectivity index (χ3v) is 3.16. The molecule has 1 N–H and O–H groups in total. The van der Waals surface area contributed by atoms with E-state index in [9.17, 15) is 9.90 Å². The van der Waals surface area contributed by atoms with E-state index in [0.29, 0.717) is 11.5 Å². The molecule has 20 heavy (non-hydrogen) atoms. The second kappa shape index (κ2) is 6.20. The van der Waals surface area contributed by atoms with Crippen molar-refractivity contribution in [2.24, 2.45) is 0 Å². The highest BCUT2D eigenvalue weighted by Crippen LogP contribution is 2.16. The van der Waals surface area contributed by atoms with Crippen LogP contribution in [0, 0.1) is 0 Å². The summed E-state index contributed by atoms with van der Waals surface area (Å²) in [4.78, 5) is 12.0. The Labute approximate surface area is 119 Å². The largest absolute Gasteiger partial charge is 0.508 e. The third kappa shape index (κ3) is 3.58. The first-order valence-corrected chi connectivity index (χ1v) is 6.67. The van der Waals surface area contributed by atoms with E-state index in [-0.39, 0.29) is 11.5 Å². The van der Waals surface area contributed by atoms with Crippen LogP contribution in [-0.4, -0.2) is 10.9 Å². The molecule has 2 heteroatoms. The third-order valence-electron chi connectivity index (χ3n) is 3.16. The number of benzene rings is 2. The van der Waals surface area contributed by atoms with Crippen LogP contribution in [-0.2, 0) is 0 Å². The van der Waals surface area contributed by atoms with E-state index in [1.54, 1.807) is 24.3 Å². The first kappa shape index (κ1) is 14.1. The van der Waals surface area contributed by atoms with Crippen LogP contribution in [0.1, 0.15) is 41.3 Å². The molecule has 2 nitrogen and oxygen atoms in total. The zero-order chi connectivity index (χ0) is 14.5. The molecule has 102 valence electrons. The highest BCUT2D eigenvalue weighted by molar-refractivity contribution is 6.06. The van der Waals surface area contributed by atoms with Crippen molar-refractivity contribution >= 4 is 11.9 Å². The van der Waals surface area contributed by atoms with Crippen LogP contribution in [0.2, 0.25) is 0 Å². The second-order valence-electron chi connectivity index (χ2n) is 5.07. The lowest BCUT2D eigenvalue weighted by atomic mass is 10.0. The summed E-state index contributed by atoms with van der Waals surface area (Å²) in [7, 11) is 0. The first-order valence-electron chi connectivity index (χ1n) is 6.67. The highest BCUT2D eigenvalue weighted by Gasteiger charge is 2.03. The van der Waals surface area contributed by atoms with Gasteiger partial charge in [0, 0.05) is 5.56 Å². The van der Waals surface area contributed by atoms with Crippen molar-refractivity contribution in [3.63, 3.8) is 0 Å². The maximum absolute atomic E-state index is 12.0. The molecule has 0 radical (unpaired) electrons. The summed E-state index contributed by atoms with van der Waals surface area (Å²) in [6.45, 7) is 4.25. The number of rotatable bonds is 4. The first-order chi connectivity index (χ1) is 9.56. The maximum atomic E-state index is 12.0. The average molecular weight is 266 g/mol. The van der Waals surface area contributed by atoms with Crippen LogP contribution in [0.3, 0.4) is 0 Å². The van der Waals surface area contributed by atoms with E-state index in [2.05, 4.69) is 13.8 Å². The fourth-order valence-electron chi connectivity index (χ4n) is 1.93. The van der Waals surface area contributed by atoms with Crippen LogP contribution in [0.5, 0.6) is 5.75 Å². The molecule has 0 saturated carbocycles. The van der Waals surface area contributed by atoms with E-state index in [1.807, 2.05) is 30.3 Å². The molecule has 0 bridgehead atoms. The topological polar surface area (TPSA) is 37.3 Å². The quantitative estimate of drug-likeness (QED) is 0.657. The summed E-state index contributed by atoms with van der Waals surface area (Å²) in [6.07, 6.45) is 3.23. The van der Waals surface area contributed by atoms with Gasteiger partial charge in [0.15, 0.2) is 5.78 Å². The van der Waals surface area contributed by atoms with Gasteiger partial charge >= 0.3 is 0 Å². The summed E-state index contributed by atoms with van der Waals surface area (Å²) in [6, 6.07) is 14.5. The summed E-state index contributed by atoms with van der Waals surface area (Å²) in [5.74, 6) is 0.617. The molecular weight excluding hydrogens is 248 g/mol. The van der Waals surface area contributed by atoms with Gasteiger partial charge < -0.3 is 5.11 Å². The predicted molar refractivity (Wildman–Crippen MR) is 82.0 cm³/mol. The molecule has 0 unspecified atom stereocenters. The Hall–Kier alpha value is -2.35. The van der Waals surface area contributed by atoms with Gasteiger partial charge in [-0.15, -0.1) is 0 Å². The standard InChI is InChI=1S/C18H18O2/c1-13(2)15-7-9-16(10-8-15)18(20)11-6-14-4-3-5-17(19)12-14/h3-13,19H,1-2H3/b11-6+. The minimum absolute atomic E-state index is 0.0383. The Balaban J connectivity index is 2.11. The molecular formula is C18H18O2. The number of aromatic hydroxyl groups is 1. The van der Waals surface area contributed by atoms with Crippen molar-refractivity contribution in [2.75, 3.05) is 0 Å². The van der Waals surface area contributed by atoms with Gasteiger partial charge in [0.1, 0.15) is 5.75 Å². The highest BCUT2D eigenvalue weighted by atomic mass is 16.3. The van der Waals surface area contributed by atoms with Crippen LogP contribution in [0.25, 0.3) is 6.08 Å². The van der Waals surface area contributed by atoms with E-state index in [1.165, 1.54) is 11.6 Å². The molecule has 0 heterocycles. The van der Waals surface area contributed by atoms with Gasteiger partial charge in [-0.2, -0.15) is 0 Å². The number of phenolic OH excluding ortho intramolecular Hbond substituents is 1. The molecule has 0 amide bonds. The molecule has 0 aliphatic rings. The molecule has 2 rings (SSSR count). The Morgan fingerprint density at radius 2 is 1.80 bits per heavy atom.